The number of amides is 2. The van der Waals surface area contributed by atoms with Crippen molar-refractivity contribution in [3.05, 3.63) is 70.8 Å². The van der Waals surface area contributed by atoms with Crippen molar-refractivity contribution >= 4 is 35.6 Å². The Morgan fingerprint density at radius 1 is 0.879 bits per heavy atom. The van der Waals surface area contributed by atoms with Crippen molar-refractivity contribution in [3.63, 3.8) is 0 Å². The first-order valence-electron chi connectivity index (χ1n) is 11.3. The molecule has 1 aliphatic heterocycles. The molecule has 1 saturated heterocycles. The monoisotopic (exact) mass is 448 g/mol. The minimum absolute atomic E-state index is 0.121. The number of carbonyl (C=O) groups excluding carboxylic acids is 2. The van der Waals surface area contributed by atoms with Gasteiger partial charge < -0.3 is 9.80 Å². The van der Waals surface area contributed by atoms with Crippen LogP contribution in [0.5, 0.6) is 0 Å². The maximum atomic E-state index is 11.5. The fraction of sp³-hybridized carbons (Fsp3) is 0.360. The van der Waals surface area contributed by atoms with Crippen molar-refractivity contribution in [2.24, 2.45) is 11.8 Å². The van der Waals surface area contributed by atoms with Gasteiger partial charge in [-0.3, -0.25) is 24.6 Å². The molecule has 2 atom stereocenters. The number of fused-ring (bicyclic) bond motifs is 2. The van der Waals surface area contributed by atoms with Gasteiger partial charge in [-0.2, -0.15) is 0 Å². The molecule has 8 heteroatoms. The van der Waals surface area contributed by atoms with Crippen LogP contribution < -0.4 is 14.7 Å². The number of hydrogen-bond donors (Lipinski definition) is 0. The highest BCUT2D eigenvalue weighted by molar-refractivity contribution is 5.96. The number of nitrogens with zero attached hydrogens (tertiary/aromatic N) is 4. The van der Waals surface area contributed by atoms with E-state index in [4.69, 9.17) is 0 Å². The van der Waals surface area contributed by atoms with Crippen LogP contribution in [0.4, 0.5) is 22.7 Å². The van der Waals surface area contributed by atoms with Crippen LogP contribution in [0.15, 0.2) is 60.7 Å². The normalized spacial score (nSPS) is 20.7. The van der Waals surface area contributed by atoms with Gasteiger partial charge in [0.2, 0.25) is 12.8 Å². The largest absolute Gasteiger partial charge is 0.368 e. The Balaban J connectivity index is 0.000000310. The molecule has 3 aliphatic rings. The van der Waals surface area contributed by atoms with Gasteiger partial charge in [0, 0.05) is 37.9 Å². The number of benzene rings is 2. The van der Waals surface area contributed by atoms with E-state index in [2.05, 4.69) is 17.1 Å². The first-order chi connectivity index (χ1) is 16.1. The highest BCUT2D eigenvalue weighted by atomic mass is 16.6. The number of rotatable bonds is 6. The minimum Gasteiger partial charge on any atom is -0.368 e. The number of para-hydroxylation sites is 1. The number of anilines is 3. The lowest BCUT2D eigenvalue weighted by atomic mass is 10.1. The van der Waals surface area contributed by atoms with Gasteiger partial charge in [-0.25, -0.2) is 0 Å². The molecule has 2 aromatic carbocycles. The van der Waals surface area contributed by atoms with Gasteiger partial charge >= 0.3 is 0 Å². The van der Waals surface area contributed by atoms with Crippen LogP contribution in [0.1, 0.15) is 19.3 Å². The van der Waals surface area contributed by atoms with E-state index in [1.807, 2.05) is 35.2 Å². The first-order valence-corrected chi connectivity index (χ1v) is 11.3. The second-order valence-electron chi connectivity index (χ2n) is 8.58. The number of imide groups is 1. The molecule has 1 heterocycles. The molecule has 2 aromatic rings. The number of allylic oxidation sites excluding steroid dienone is 2. The van der Waals surface area contributed by atoms with Crippen molar-refractivity contribution in [1.29, 1.82) is 0 Å². The lowest BCUT2D eigenvalue weighted by Crippen LogP contribution is -2.46. The van der Waals surface area contributed by atoms with Crippen molar-refractivity contribution in [2.75, 3.05) is 40.9 Å². The van der Waals surface area contributed by atoms with Crippen LogP contribution in [-0.2, 0) is 9.59 Å². The van der Waals surface area contributed by atoms with E-state index < -0.39 is 4.92 Å². The lowest BCUT2D eigenvalue weighted by molar-refractivity contribution is -0.384. The summed E-state index contributed by atoms with van der Waals surface area (Å²) in [6, 6.07) is 14.4. The van der Waals surface area contributed by atoms with Crippen LogP contribution in [0.25, 0.3) is 0 Å². The summed E-state index contributed by atoms with van der Waals surface area (Å²) in [5.74, 6) is 1.98. The molecule has 0 spiro atoms. The molecule has 2 fully saturated rings. The summed E-state index contributed by atoms with van der Waals surface area (Å²) >= 11 is 0. The number of nitro benzene ring substituents is 1. The average Bonchev–Trinajstić information content (AvgIpc) is 3.52. The average molecular weight is 449 g/mol. The molecule has 2 unspecified atom stereocenters. The molecule has 0 N–H and O–H groups in total. The van der Waals surface area contributed by atoms with Gasteiger partial charge in [0.1, 0.15) is 5.69 Å². The quantitative estimate of drug-likeness (QED) is 0.287. The number of hydrogen-bond acceptors (Lipinski definition) is 6. The van der Waals surface area contributed by atoms with E-state index >= 15 is 0 Å². The predicted octanol–water partition coefficient (Wildman–Crippen LogP) is 4.01. The van der Waals surface area contributed by atoms with E-state index in [0.29, 0.717) is 31.6 Å². The molecule has 0 radical (unpaired) electrons. The van der Waals surface area contributed by atoms with Gasteiger partial charge in [-0.15, -0.1) is 0 Å². The summed E-state index contributed by atoms with van der Waals surface area (Å²) in [4.78, 5) is 37.7. The SMILES string of the molecule is C1=CC2CCC1C2.O=CN(C=O)c1ccc(N2CCN(c3ccccc3)CC2)c([N+](=O)[O-])c1. The third kappa shape index (κ3) is 5.22. The summed E-state index contributed by atoms with van der Waals surface area (Å²) in [7, 11) is 0. The second kappa shape index (κ2) is 10.3. The molecule has 2 bridgehead atoms. The topological polar surface area (TPSA) is 87.0 Å². The Hall–Kier alpha value is -3.68. The van der Waals surface area contributed by atoms with Gasteiger partial charge in [0.05, 0.1) is 10.6 Å². The number of piperazine rings is 1. The fourth-order valence-corrected chi connectivity index (χ4v) is 4.79. The van der Waals surface area contributed by atoms with Crippen molar-refractivity contribution in [2.45, 2.75) is 19.3 Å². The molecule has 1 saturated carbocycles. The van der Waals surface area contributed by atoms with Crippen LogP contribution in [0.3, 0.4) is 0 Å². The molecule has 2 aliphatic carbocycles. The maximum Gasteiger partial charge on any atom is 0.294 e. The zero-order valence-corrected chi connectivity index (χ0v) is 18.5. The number of carbonyl (C=O) groups is 2. The van der Waals surface area contributed by atoms with E-state index in [0.717, 1.165) is 35.5 Å². The molecule has 5 rings (SSSR count). The highest BCUT2D eigenvalue weighted by Gasteiger charge is 2.26. The Morgan fingerprint density at radius 3 is 1.97 bits per heavy atom. The summed E-state index contributed by atoms with van der Waals surface area (Å²) in [6.45, 7) is 2.77. The smallest absolute Gasteiger partial charge is 0.294 e. The van der Waals surface area contributed by atoms with Crippen molar-refractivity contribution < 1.29 is 14.5 Å². The fourth-order valence-electron chi connectivity index (χ4n) is 4.79. The third-order valence-electron chi connectivity index (χ3n) is 6.59. The first kappa shape index (κ1) is 22.5. The van der Waals surface area contributed by atoms with Crippen LogP contribution in [0.2, 0.25) is 0 Å². The molecule has 8 nitrogen and oxygen atoms in total. The van der Waals surface area contributed by atoms with Crippen molar-refractivity contribution in [1.82, 2.24) is 0 Å². The van der Waals surface area contributed by atoms with Gasteiger partial charge in [-0.05, 0) is 55.4 Å². The van der Waals surface area contributed by atoms with Crippen LogP contribution in [-0.4, -0.2) is 43.9 Å². The Kier molecular flexibility index (Phi) is 7.02. The summed E-state index contributed by atoms with van der Waals surface area (Å²) in [5.41, 5.74) is 1.67. The van der Waals surface area contributed by atoms with Crippen LogP contribution in [0, 0.1) is 22.0 Å². The number of nitro groups is 1. The van der Waals surface area contributed by atoms with Gasteiger partial charge in [0.15, 0.2) is 0 Å². The van der Waals surface area contributed by atoms with Gasteiger partial charge in [0.25, 0.3) is 5.69 Å². The minimum atomic E-state index is -0.490. The van der Waals surface area contributed by atoms with E-state index in [1.54, 1.807) is 6.07 Å². The van der Waals surface area contributed by atoms with E-state index in [1.165, 1.54) is 31.4 Å². The summed E-state index contributed by atoms with van der Waals surface area (Å²) in [6.07, 6.45) is 9.83. The Morgan fingerprint density at radius 2 is 1.48 bits per heavy atom. The molecule has 172 valence electrons. The highest BCUT2D eigenvalue weighted by Crippen LogP contribution is 2.38. The standard InChI is InChI=1S/C18H18N4O4.C7H10/c23-13-21(14-24)16-6-7-17(18(12-16)22(25)26)20-10-8-19(9-11-20)15-4-2-1-3-5-15;1-2-7-4-3-6(1)5-7/h1-7,12-14H,8-11H2;1-2,6-7H,3-5H2. The molecule has 0 aromatic heterocycles. The lowest BCUT2D eigenvalue weighted by Gasteiger charge is -2.37. The third-order valence-corrected chi connectivity index (χ3v) is 6.59. The zero-order valence-electron chi connectivity index (χ0n) is 18.5. The molecule has 33 heavy (non-hydrogen) atoms. The van der Waals surface area contributed by atoms with Crippen LogP contribution >= 0.6 is 0 Å². The molecular formula is C25H28N4O4. The van der Waals surface area contributed by atoms with E-state index in [9.17, 15) is 19.7 Å². The van der Waals surface area contributed by atoms with Gasteiger partial charge in [-0.1, -0.05) is 30.4 Å². The zero-order chi connectivity index (χ0) is 23.2. The molecular weight excluding hydrogens is 420 g/mol. The Labute approximate surface area is 193 Å². The second-order valence-corrected chi connectivity index (χ2v) is 8.58. The van der Waals surface area contributed by atoms with Crippen molar-refractivity contribution in [3.8, 4) is 0 Å². The summed E-state index contributed by atoms with van der Waals surface area (Å²) < 4.78 is 0. The molecule has 2 amide bonds. The maximum absolute atomic E-state index is 11.5. The predicted molar refractivity (Wildman–Crippen MR) is 129 cm³/mol. The summed E-state index contributed by atoms with van der Waals surface area (Å²) in [5, 5.41) is 11.5. The Bertz CT molecular complexity index is 998. The van der Waals surface area contributed by atoms with E-state index in [-0.39, 0.29) is 11.4 Å².